The molecule has 0 N–H and O–H groups in total. The number of hydrogen-bond acceptors (Lipinski definition) is 6. The summed E-state index contributed by atoms with van der Waals surface area (Å²) < 4.78 is 20.4. The van der Waals surface area contributed by atoms with Crippen LogP contribution in [0.1, 0.15) is 6.42 Å². The van der Waals surface area contributed by atoms with Crippen LogP contribution in [-0.2, 0) is 22.8 Å². The smallest absolute Gasteiger partial charge is 0.469 e. The van der Waals surface area contributed by atoms with Gasteiger partial charge in [0.05, 0.1) is 13.5 Å². The lowest BCUT2D eigenvalue weighted by molar-refractivity contribution is -0.140. The van der Waals surface area contributed by atoms with Crippen LogP contribution >= 0.6 is 11.8 Å². The van der Waals surface area contributed by atoms with Crippen molar-refractivity contribution in [2.24, 2.45) is 0 Å². The largest absolute Gasteiger partial charge is 0.500 e. The van der Waals surface area contributed by atoms with Crippen LogP contribution < -0.4 is 0 Å². The van der Waals surface area contributed by atoms with Gasteiger partial charge in [-0.25, -0.2) is 0 Å². The molecule has 0 rings (SSSR count). The molecule has 96 valence electrons. The molecule has 0 fully saturated rings. The Bertz CT molecular complexity index is 190. The van der Waals surface area contributed by atoms with Gasteiger partial charge in [0, 0.05) is 33.1 Å². The zero-order chi connectivity index (χ0) is 12.4. The van der Waals surface area contributed by atoms with Crippen molar-refractivity contribution in [1.82, 2.24) is 0 Å². The SMILES string of the molecule is COC(=O)CCSCC[Si](OC)(OC)OC. The van der Waals surface area contributed by atoms with Crippen LogP contribution in [0.3, 0.4) is 0 Å². The average Bonchev–Trinajstić information content (AvgIpc) is 2.34. The summed E-state index contributed by atoms with van der Waals surface area (Å²) in [5.74, 6) is 1.41. The van der Waals surface area contributed by atoms with Crippen LogP contribution in [-0.4, -0.2) is 54.7 Å². The third kappa shape index (κ3) is 5.85. The van der Waals surface area contributed by atoms with Crippen molar-refractivity contribution in [1.29, 1.82) is 0 Å². The van der Waals surface area contributed by atoms with E-state index < -0.39 is 8.80 Å². The first-order valence-corrected chi connectivity index (χ1v) is 8.02. The van der Waals surface area contributed by atoms with Crippen molar-refractivity contribution >= 4 is 26.5 Å². The maximum Gasteiger partial charge on any atom is 0.500 e. The molecule has 0 heterocycles. The van der Waals surface area contributed by atoms with Crippen molar-refractivity contribution < 1.29 is 22.8 Å². The first kappa shape index (κ1) is 15.9. The summed E-state index contributed by atoms with van der Waals surface area (Å²) in [6, 6.07) is 0.738. The molecule has 0 spiro atoms. The summed E-state index contributed by atoms with van der Waals surface area (Å²) in [7, 11) is 3.74. The fraction of sp³-hybridized carbons (Fsp3) is 0.889. The van der Waals surface area contributed by atoms with Gasteiger partial charge in [0.1, 0.15) is 0 Å². The lowest BCUT2D eigenvalue weighted by Crippen LogP contribution is -2.43. The molecule has 16 heavy (non-hydrogen) atoms. The zero-order valence-corrected chi connectivity index (χ0v) is 12.1. The molecular weight excluding hydrogens is 248 g/mol. The number of ether oxygens (including phenoxy) is 1. The predicted octanol–water partition coefficient (Wildman–Crippen LogP) is 1.16. The molecule has 0 unspecified atom stereocenters. The van der Waals surface area contributed by atoms with E-state index in [1.807, 2.05) is 0 Å². The van der Waals surface area contributed by atoms with Gasteiger partial charge < -0.3 is 18.0 Å². The Balaban J connectivity index is 3.67. The van der Waals surface area contributed by atoms with Crippen LogP contribution in [0.5, 0.6) is 0 Å². The minimum atomic E-state index is -2.44. The fourth-order valence-corrected chi connectivity index (χ4v) is 4.32. The first-order valence-electron chi connectivity index (χ1n) is 4.94. The van der Waals surface area contributed by atoms with Crippen molar-refractivity contribution in [3.05, 3.63) is 0 Å². The van der Waals surface area contributed by atoms with Crippen molar-refractivity contribution in [3.8, 4) is 0 Å². The monoisotopic (exact) mass is 268 g/mol. The summed E-state index contributed by atoms with van der Waals surface area (Å²) in [5, 5.41) is 0. The number of methoxy groups -OCH3 is 1. The van der Waals surface area contributed by atoms with Gasteiger partial charge >= 0.3 is 14.8 Å². The average molecular weight is 268 g/mol. The number of rotatable bonds is 9. The maximum absolute atomic E-state index is 10.8. The zero-order valence-electron chi connectivity index (χ0n) is 10.3. The molecule has 0 saturated carbocycles. The van der Waals surface area contributed by atoms with Gasteiger partial charge in [-0.15, -0.1) is 0 Å². The summed E-state index contributed by atoms with van der Waals surface area (Å²) in [6.45, 7) is 0. The lowest BCUT2D eigenvalue weighted by Gasteiger charge is -2.23. The van der Waals surface area contributed by atoms with E-state index in [0.717, 1.165) is 17.5 Å². The highest BCUT2D eigenvalue weighted by Crippen LogP contribution is 2.17. The maximum atomic E-state index is 10.8. The molecule has 7 heteroatoms. The van der Waals surface area contributed by atoms with Crippen LogP contribution in [0.4, 0.5) is 0 Å². The minimum Gasteiger partial charge on any atom is -0.469 e. The second-order valence-electron chi connectivity index (χ2n) is 2.98. The van der Waals surface area contributed by atoms with E-state index >= 15 is 0 Å². The molecule has 0 aliphatic carbocycles. The number of thioether (sulfide) groups is 1. The van der Waals surface area contributed by atoms with Crippen LogP contribution in [0.2, 0.25) is 6.04 Å². The first-order chi connectivity index (χ1) is 7.64. The molecule has 0 bridgehead atoms. The third-order valence-electron chi connectivity index (χ3n) is 2.16. The van der Waals surface area contributed by atoms with E-state index in [1.165, 1.54) is 7.11 Å². The van der Waals surface area contributed by atoms with Crippen LogP contribution in [0, 0.1) is 0 Å². The van der Waals surface area contributed by atoms with Gasteiger partial charge in [-0.1, -0.05) is 0 Å². The number of hydrogen-bond donors (Lipinski definition) is 0. The van der Waals surface area contributed by atoms with Gasteiger partial charge in [-0.05, 0) is 5.75 Å². The summed E-state index contributed by atoms with van der Waals surface area (Å²) in [5.41, 5.74) is 0. The topological polar surface area (TPSA) is 54.0 Å². The molecule has 0 aliphatic heterocycles. The Morgan fingerprint density at radius 2 is 1.62 bits per heavy atom. The number of esters is 1. The van der Waals surface area contributed by atoms with Crippen molar-refractivity contribution in [2.45, 2.75) is 12.5 Å². The molecule has 5 nitrogen and oxygen atoms in total. The Morgan fingerprint density at radius 1 is 1.06 bits per heavy atom. The quantitative estimate of drug-likeness (QED) is 0.355. The van der Waals surface area contributed by atoms with Gasteiger partial charge in [0.25, 0.3) is 0 Å². The second kappa shape index (κ2) is 9.00. The normalized spacial score (nSPS) is 11.5. The van der Waals surface area contributed by atoms with E-state index in [1.54, 1.807) is 33.1 Å². The Morgan fingerprint density at radius 3 is 2.06 bits per heavy atom. The van der Waals surface area contributed by atoms with Gasteiger partial charge in [-0.2, -0.15) is 11.8 Å². The summed E-state index contributed by atoms with van der Waals surface area (Å²) in [6.07, 6.45) is 0.433. The third-order valence-corrected chi connectivity index (χ3v) is 6.24. The Hall–Kier alpha value is -0.0831. The van der Waals surface area contributed by atoms with Crippen LogP contribution in [0.15, 0.2) is 0 Å². The molecule has 0 aromatic rings. The Kier molecular flexibility index (Phi) is 8.95. The predicted molar refractivity (Wildman–Crippen MR) is 65.5 cm³/mol. The second-order valence-corrected chi connectivity index (χ2v) is 7.30. The minimum absolute atomic E-state index is 0.179. The molecular formula is C9H20O5SSi. The standard InChI is InChI=1S/C9H20O5SSi/c1-11-9(10)5-6-15-7-8-16(12-2,13-3)14-4/h5-8H2,1-4H3. The highest BCUT2D eigenvalue weighted by Gasteiger charge is 2.36. The molecule has 0 saturated heterocycles. The Labute approximate surface area is 102 Å². The highest BCUT2D eigenvalue weighted by atomic mass is 32.2. The molecule has 0 amide bonds. The van der Waals surface area contributed by atoms with Crippen LogP contribution in [0.25, 0.3) is 0 Å². The summed E-state index contributed by atoms with van der Waals surface area (Å²) in [4.78, 5) is 10.8. The van der Waals surface area contributed by atoms with E-state index in [4.69, 9.17) is 13.3 Å². The summed E-state index contributed by atoms with van der Waals surface area (Å²) >= 11 is 1.66. The van der Waals surface area contributed by atoms with E-state index in [2.05, 4.69) is 4.74 Å². The molecule has 0 radical (unpaired) electrons. The lowest BCUT2D eigenvalue weighted by atomic mass is 10.5. The van der Waals surface area contributed by atoms with E-state index in [9.17, 15) is 4.79 Å². The number of carbonyl (C=O) groups is 1. The number of carbonyl (C=O) groups excluding carboxylic acids is 1. The molecule has 0 aliphatic rings. The van der Waals surface area contributed by atoms with Gasteiger partial charge in [0.2, 0.25) is 0 Å². The van der Waals surface area contributed by atoms with Gasteiger partial charge in [-0.3, -0.25) is 4.79 Å². The van der Waals surface area contributed by atoms with Crippen molar-refractivity contribution in [2.75, 3.05) is 39.9 Å². The van der Waals surface area contributed by atoms with Gasteiger partial charge in [0.15, 0.2) is 0 Å². The molecule has 0 aromatic heterocycles. The van der Waals surface area contributed by atoms with Crippen molar-refractivity contribution in [3.63, 3.8) is 0 Å². The molecule has 0 aromatic carbocycles. The van der Waals surface area contributed by atoms with E-state index in [-0.39, 0.29) is 5.97 Å². The van der Waals surface area contributed by atoms with E-state index in [0.29, 0.717) is 6.42 Å². The molecule has 0 atom stereocenters. The highest BCUT2D eigenvalue weighted by molar-refractivity contribution is 7.99. The fourth-order valence-electron chi connectivity index (χ4n) is 1.11.